The molecule has 0 spiro atoms. The zero-order valence-electron chi connectivity index (χ0n) is 24.8. The van der Waals surface area contributed by atoms with Crippen LogP contribution in [0.4, 0.5) is 4.79 Å². The highest BCUT2D eigenvalue weighted by Gasteiger charge is 2.29. The van der Waals surface area contributed by atoms with E-state index in [-0.39, 0.29) is 24.5 Å². The van der Waals surface area contributed by atoms with Crippen LogP contribution in [0.25, 0.3) is 0 Å². The summed E-state index contributed by atoms with van der Waals surface area (Å²) in [5.41, 5.74) is -0.955. The number of nitrogens with one attached hydrogen (secondary N) is 1. The number of rotatable bonds is 13. The smallest absolute Gasteiger partial charge is 0.468 e. The first kappa shape index (κ1) is 33.9. The Hall–Kier alpha value is -3.14. The van der Waals surface area contributed by atoms with Crippen LogP contribution in [-0.2, 0) is 35.0 Å². The van der Waals surface area contributed by atoms with Crippen LogP contribution in [0.1, 0.15) is 80.2 Å². The van der Waals surface area contributed by atoms with Crippen LogP contribution < -0.4 is 14.8 Å². The Bertz CT molecular complexity index is 976. The molecule has 0 aliphatic rings. The molecule has 1 aromatic carbocycles. The fraction of sp³-hybridized carbons (Fsp3) is 0.655. The summed E-state index contributed by atoms with van der Waals surface area (Å²) in [7, 11) is 1.27. The second-order valence-electron chi connectivity index (χ2n) is 11.5. The molecule has 2 atom stereocenters. The van der Waals surface area contributed by atoms with Crippen molar-refractivity contribution in [1.82, 2.24) is 5.32 Å². The summed E-state index contributed by atoms with van der Waals surface area (Å²) >= 11 is 0. The average Bonchev–Trinajstić information content (AvgIpc) is 2.84. The van der Waals surface area contributed by atoms with E-state index in [1.807, 2.05) is 0 Å². The molecular formula is C29H45NO9. The van der Waals surface area contributed by atoms with Crippen molar-refractivity contribution >= 4 is 24.1 Å². The second-order valence-corrected chi connectivity index (χ2v) is 11.5. The molecule has 39 heavy (non-hydrogen) atoms. The van der Waals surface area contributed by atoms with Crippen LogP contribution in [0.5, 0.6) is 11.5 Å². The molecular weight excluding hydrogens is 506 g/mol. The van der Waals surface area contributed by atoms with Gasteiger partial charge in [-0.05, 0) is 79.0 Å². The van der Waals surface area contributed by atoms with E-state index in [2.05, 4.69) is 12.2 Å². The molecule has 0 radical (unpaired) electrons. The lowest BCUT2D eigenvalue weighted by atomic mass is 9.97. The highest BCUT2D eigenvalue weighted by Crippen LogP contribution is 2.33. The third-order valence-electron chi connectivity index (χ3n) is 5.48. The standard InChI is InChI=1S/C29H45NO9/c1-10-11-12-15-36-27(34)37-19(2)18-30-21(24(31)35-9)16-20-13-14-22(38-25(32)28(3,4)5)23(17-20)39-26(33)29(6,7)8/h13-14,17,19,21,30H,10-12,15-16,18H2,1-9H3/t19?,21-/m0/s1. The molecule has 1 aromatic rings. The van der Waals surface area contributed by atoms with Gasteiger partial charge in [0.05, 0.1) is 24.5 Å². The molecule has 0 aliphatic carbocycles. The topological polar surface area (TPSA) is 126 Å². The van der Waals surface area contributed by atoms with Crippen molar-refractivity contribution in [1.29, 1.82) is 0 Å². The van der Waals surface area contributed by atoms with Gasteiger partial charge >= 0.3 is 24.1 Å². The summed E-state index contributed by atoms with van der Waals surface area (Å²) in [4.78, 5) is 49.5. The third-order valence-corrected chi connectivity index (χ3v) is 5.48. The Balaban J connectivity index is 3.02. The number of carbonyl (C=O) groups excluding carboxylic acids is 4. The molecule has 1 unspecified atom stereocenters. The molecule has 0 saturated carbocycles. The number of hydrogen-bond donors (Lipinski definition) is 1. The fourth-order valence-electron chi connectivity index (χ4n) is 3.02. The van der Waals surface area contributed by atoms with Gasteiger partial charge in [0.2, 0.25) is 0 Å². The Morgan fingerprint density at radius 3 is 2.03 bits per heavy atom. The number of carbonyl (C=O) groups is 4. The minimum absolute atomic E-state index is 0.0659. The minimum Gasteiger partial charge on any atom is -0.468 e. The predicted molar refractivity (Wildman–Crippen MR) is 146 cm³/mol. The average molecular weight is 552 g/mol. The Morgan fingerprint density at radius 2 is 1.49 bits per heavy atom. The summed E-state index contributed by atoms with van der Waals surface area (Å²) in [5.74, 6) is -1.37. The van der Waals surface area contributed by atoms with Crippen LogP contribution in [0.2, 0.25) is 0 Å². The zero-order chi connectivity index (χ0) is 29.8. The lowest BCUT2D eigenvalue weighted by Gasteiger charge is -2.22. The molecule has 10 heteroatoms. The summed E-state index contributed by atoms with van der Waals surface area (Å²) < 4.78 is 26.4. The maximum atomic E-state index is 12.6. The van der Waals surface area contributed by atoms with Crippen LogP contribution in [0.3, 0.4) is 0 Å². The van der Waals surface area contributed by atoms with Gasteiger partial charge in [0, 0.05) is 6.54 Å². The molecule has 0 fully saturated rings. The molecule has 10 nitrogen and oxygen atoms in total. The summed E-state index contributed by atoms with van der Waals surface area (Å²) in [5, 5.41) is 3.05. The van der Waals surface area contributed by atoms with Crippen molar-refractivity contribution in [3.05, 3.63) is 23.8 Å². The van der Waals surface area contributed by atoms with Gasteiger partial charge < -0.3 is 29.0 Å². The monoisotopic (exact) mass is 551 g/mol. The quantitative estimate of drug-likeness (QED) is 0.203. The first-order valence-electron chi connectivity index (χ1n) is 13.3. The first-order valence-corrected chi connectivity index (χ1v) is 13.3. The lowest BCUT2D eigenvalue weighted by molar-refractivity contribution is -0.145. The number of unbranched alkanes of at least 4 members (excludes halogenated alkanes) is 2. The Labute approximate surface area is 232 Å². The zero-order valence-corrected chi connectivity index (χ0v) is 24.8. The highest BCUT2D eigenvalue weighted by molar-refractivity contribution is 5.81. The largest absolute Gasteiger partial charge is 0.508 e. The van der Waals surface area contributed by atoms with E-state index in [0.29, 0.717) is 12.2 Å². The van der Waals surface area contributed by atoms with Crippen LogP contribution >= 0.6 is 0 Å². The highest BCUT2D eigenvalue weighted by atomic mass is 16.7. The molecule has 0 aromatic heterocycles. The van der Waals surface area contributed by atoms with E-state index >= 15 is 0 Å². The molecule has 0 bridgehead atoms. The number of esters is 3. The van der Waals surface area contributed by atoms with E-state index in [1.54, 1.807) is 60.6 Å². The third kappa shape index (κ3) is 12.5. The number of hydrogen-bond acceptors (Lipinski definition) is 10. The van der Waals surface area contributed by atoms with Gasteiger partial charge in [-0.25, -0.2) is 4.79 Å². The van der Waals surface area contributed by atoms with Crippen molar-refractivity contribution in [2.45, 2.75) is 93.2 Å². The summed E-state index contributed by atoms with van der Waals surface area (Å²) in [6.45, 7) is 14.5. The fourth-order valence-corrected chi connectivity index (χ4v) is 3.02. The lowest BCUT2D eigenvalue weighted by Crippen LogP contribution is -2.43. The predicted octanol–water partition coefficient (Wildman–Crippen LogP) is 5.00. The molecule has 1 N–H and O–H groups in total. The van der Waals surface area contributed by atoms with Crippen molar-refractivity contribution < 1.29 is 42.9 Å². The van der Waals surface area contributed by atoms with E-state index in [0.717, 1.165) is 19.3 Å². The van der Waals surface area contributed by atoms with E-state index in [4.69, 9.17) is 23.7 Å². The number of benzene rings is 1. The normalized spacial score (nSPS) is 13.2. The van der Waals surface area contributed by atoms with Crippen molar-refractivity contribution in [3.63, 3.8) is 0 Å². The van der Waals surface area contributed by atoms with Crippen LogP contribution in [0.15, 0.2) is 18.2 Å². The van der Waals surface area contributed by atoms with Crippen LogP contribution in [-0.4, -0.2) is 56.5 Å². The second kappa shape index (κ2) is 15.5. The molecule has 1 rings (SSSR count). The van der Waals surface area contributed by atoms with Crippen LogP contribution in [0, 0.1) is 10.8 Å². The molecule has 0 heterocycles. The van der Waals surface area contributed by atoms with Crippen molar-refractivity contribution in [3.8, 4) is 11.5 Å². The first-order chi connectivity index (χ1) is 18.1. The van der Waals surface area contributed by atoms with E-state index in [9.17, 15) is 19.2 Å². The maximum Gasteiger partial charge on any atom is 0.508 e. The van der Waals surface area contributed by atoms with Gasteiger partial charge in [-0.3, -0.25) is 14.4 Å². The number of ether oxygens (including phenoxy) is 5. The van der Waals surface area contributed by atoms with E-state index in [1.165, 1.54) is 13.2 Å². The van der Waals surface area contributed by atoms with Gasteiger partial charge in [-0.15, -0.1) is 0 Å². The van der Waals surface area contributed by atoms with E-state index < -0.39 is 47.0 Å². The Kier molecular flexibility index (Phi) is 13.4. The van der Waals surface area contributed by atoms with Gasteiger partial charge in [0.25, 0.3) is 0 Å². The van der Waals surface area contributed by atoms with Gasteiger partial charge in [-0.1, -0.05) is 25.8 Å². The molecule has 0 aliphatic heterocycles. The molecule has 0 amide bonds. The summed E-state index contributed by atoms with van der Waals surface area (Å²) in [6.07, 6.45) is 1.57. The van der Waals surface area contributed by atoms with Crippen molar-refractivity contribution in [2.75, 3.05) is 20.3 Å². The van der Waals surface area contributed by atoms with Gasteiger partial charge in [0.15, 0.2) is 11.5 Å². The molecule has 0 saturated heterocycles. The maximum absolute atomic E-state index is 12.6. The summed E-state index contributed by atoms with van der Waals surface area (Å²) in [6, 6.07) is 3.96. The van der Waals surface area contributed by atoms with Gasteiger partial charge in [0.1, 0.15) is 12.1 Å². The van der Waals surface area contributed by atoms with Gasteiger partial charge in [-0.2, -0.15) is 0 Å². The molecule has 220 valence electrons. The SMILES string of the molecule is CCCCCOC(=O)OC(C)CN[C@@H](Cc1ccc(OC(=O)C(C)(C)C)c(OC(=O)C(C)(C)C)c1)C(=O)OC. The Morgan fingerprint density at radius 1 is 0.897 bits per heavy atom. The van der Waals surface area contributed by atoms with Crippen molar-refractivity contribution in [2.24, 2.45) is 10.8 Å². The number of methoxy groups -OCH3 is 1. The minimum atomic E-state index is -0.801.